The molecule has 2 atom stereocenters. The van der Waals surface area contributed by atoms with Gasteiger partial charge in [-0.05, 0) is 38.4 Å². The second-order valence-electron chi connectivity index (χ2n) is 5.25. The minimum absolute atomic E-state index is 0.441. The van der Waals surface area contributed by atoms with Gasteiger partial charge in [0.2, 0.25) is 0 Å². The van der Waals surface area contributed by atoms with Gasteiger partial charge in [-0.15, -0.1) is 0 Å². The Labute approximate surface area is 111 Å². The van der Waals surface area contributed by atoms with Crippen LogP contribution in [0.2, 0.25) is 0 Å². The summed E-state index contributed by atoms with van der Waals surface area (Å²) in [5.74, 6) is 0. The molecule has 0 radical (unpaired) electrons. The van der Waals surface area contributed by atoms with Crippen LogP contribution in [0.1, 0.15) is 45.2 Å². The van der Waals surface area contributed by atoms with Crippen molar-refractivity contribution in [2.75, 3.05) is 13.1 Å². The summed E-state index contributed by atoms with van der Waals surface area (Å²) in [6.07, 6.45) is 2.76. The Kier molecular flexibility index (Phi) is 4.79. The first-order chi connectivity index (χ1) is 8.77. The Hall–Kier alpha value is -0.860. The first-order valence-electron chi connectivity index (χ1n) is 7.32. The van der Waals surface area contributed by atoms with E-state index in [0.717, 1.165) is 19.1 Å². The third-order valence-corrected chi connectivity index (χ3v) is 3.97. The molecule has 1 N–H and O–H groups in total. The minimum Gasteiger partial charge on any atom is -0.309 e. The molecule has 1 aromatic rings. The zero-order chi connectivity index (χ0) is 13.0. The summed E-state index contributed by atoms with van der Waals surface area (Å²) in [6.45, 7) is 9.01. The van der Waals surface area contributed by atoms with Crippen molar-refractivity contribution in [2.24, 2.45) is 0 Å². The molecule has 0 heterocycles. The molecular formula is C16H26N2. The van der Waals surface area contributed by atoms with Crippen LogP contribution < -0.4 is 5.32 Å². The number of likely N-dealkylation sites (N-methyl/N-ethyl adjacent to an activating group) is 2. The van der Waals surface area contributed by atoms with Gasteiger partial charge >= 0.3 is 0 Å². The van der Waals surface area contributed by atoms with Crippen LogP contribution >= 0.6 is 0 Å². The fraction of sp³-hybridized carbons (Fsp3) is 0.625. The van der Waals surface area contributed by atoms with Crippen molar-refractivity contribution in [2.45, 2.75) is 51.7 Å². The quantitative estimate of drug-likeness (QED) is 0.794. The number of hydrogen-bond acceptors (Lipinski definition) is 2. The Morgan fingerprint density at radius 2 is 1.89 bits per heavy atom. The van der Waals surface area contributed by atoms with E-state index in [9.17, 15) is 0 Å². The Morgan fingerprint density at radius 3 is 2.39 bits per heavy atom. The highest BCUT2D eigenvalue weighted by Crippen LogP contribution is 2.32. The third kappa shape index (κ3) is 3.12. The maximum absolute atomic E-state index is 3.65. The lowest BCUT2D eigenvalue weighted by molar-refractivity contribution is 0.169. The molecule has 0 bridgehead atoms. The van der Waals surface area contributed by atoms with Gasteiger partial charge in [0.15, 0.2) is 0 Å². The van der Waals surface area contributed by atoms with Crippen molar-refractivity contribution in [1.82, 2.24) is 10.2 Å². The maximum Gasteiger partial charge on any atom is 0.0475 e. The molecule has 2 unspecified atom stereocenters. The molecule has 1 aliphatic rings. The number of rotatable bonds is 7. The molecule has 1 aromatic carbocycles. The molecule has 2 rings (SSSR count). The van der Waals surface area contributed by atoms with Crippen molar-refractivity contribution in [3.63, 3.8) is 0 Å². The van der Waals surface area contributed by atoms with E-state index >= 15 is 0 Å². The second-order valence-corrected chi connectivity index (χ2v) is 5.25. The van der Waals surface area contributed by atoms with Gasteiger partial charge in [-0.25, -0.2) is 0 Å². The lowest BCUT2D eigenvalue weighted by Crippen LogP contribution is -2.44. The summed E-state index contributed by atoms with van der Waals surface area (Å²) < 4.78 is 0. The lowest BCUT2D eigenvalue weighted by atomic mass is 9.99. The SMILES string of the molecule is CCNC(c1ccccc1)C(C)N(CC)C1CC1. The molecule has 2 heteroatoms. The van der Waals surface area contributed by atoms with Crippen molar-refractivity contribution >= 4 is 0 Å². The van der Waals surface area contributed by atoms with Crippen molar-refractivity contribution in [3.8, 4) is 0 Å². The largest absolute Gasteiger partial charge is 0.309 e. The number of benzene rings is 1. The highest BCUT2D eigenvalue weighted by atomic mass is 15.2. The molecule has 0 spiro atoms. The fourth-order valence-corrected chi connectivity index (χ4v) is 2.92. The van der Waals surface area contributed by atoms with E-state index < -0.39 is 0 Å². The highest BCUT2D eigenvalue weighted by molar-refractivity contribution is 5.20. The van der Waals surface area contributed by atoms with Crippen LogP contribution in [0.4, 0.5) is 0 Å². The number of nitrogens with zero attached hydrogens (tertiary/aromatic N) is 1. The van der Waals surface area contributed by atoms with Gasteiger partial charge in [-0.1, -0.05) is 44.2 Å². The monoisotopic (exact) mass is 246 g/mol. The van der Waals surface area contributed by atoms with Gasteiger partial charge < -0.3 is 5.32 Å². The summed E-state index contributed by atoms with van der Waals surface area (Å²) in [5, 5.41) is 3.65. The average molecular weight is 246 g/mol. The highest BCUT2D eigenvalue weighted by Gasteiger charge is 2.34. The van der Waals surface area contributed by atoms with Crippen LogP contribution in [-0.4, -0.2) is 30.1 Å². The summed E-state index contributed by atoms with van der Waals surface area (Å²) in [4.78, 5) is 2.65. The molecule has 18 heavy (non-hydrogen) atoms. The van der Waals surface area contributed by atoms with Crippen LogP contribution in [-0.2, 0) is 0 Å². The van der Waals surface area contributed by atoms with Gasteiger partial charge in [0, 0.05) is 18.1 Å². The molecule has 2 nitrogen and oxygen atoms in total. The van der Waals surface area contributed by atoms with Crippen LogP contribution in [0.3, 0.4) is 0 Å². The Morgan fingerprint density at radius 1 is 1.22 bits per heavy atom. The van der Waals surface area contributed by atoms with Crippen LogP contribution in [0.25, 0.3) is 0 Å². The van der Waals surface area contributed by atoms with Gasteiger partial charge in [0.05, 0.1) is 0 Å². The van der Waals surface area contributed by atoms with E-state index in [4.69, 9.17) is 0 Å². The molecule has 0 saturated heterocycles. The van der Waals surface area contributed by atoms with E-state index in [1.165, 1.54) is 18.4 Å². The molecule has 1 aliphatic carbocycles. The fourth-order valence-electron chi connectivity index (χ4n) is 2.92. The van der Waals surface area contributed by atoms with E-state index in [1.54, 1.807) is 0 Å². The topological polar surface area (TPSA) is 15.3 Å². The van der Waals surface area contributed by atoms with Crippen LogP contribution in [0.5, 0.6) is 0 Å². The predicted octanol–water partition coefficient (Wildman–Crippen LogP) is 3.21. The summed E-state index contributed by atoms with van der Waals surface area (Å²) in [7, 11) is 0. The van der Waals surface area contributed by atoms with Crippen molar-refractivity contribution in [1.29, 1.82) is 0 Å². The standard InChI is InChI=1S/C16H26N2/c1-4-17-16(14-9-7-6-8-10-14)13(3)18(5-2)15-11-12-15/h6-10,13,15-17H,4-5,11-12H2,1-3H3. The maximum atomic E-state index is 3.65. The van der Waals surface area contributed by atoms with Gasteiger partial charge in [0.1, 0.15) is 0 Å². The van der Waals surface area contributed by atoms with E-state index in [2.05, 4.69) is 61.3 Å². The molecule has 1 fully saturated rings. The van der Waals surface area contributed by atoms with Crippen LogP contribution in [0.15, 0.2) is 30.3 Å². The second kappa shape index (κ2) is 6.35. The van der Waals surface area contributed by atoms with Crippen molar-refractivity contribution in [3.05, 3.63) is 35.9 Å². The Balaban J connectivity index is 2.13. The first kappa shape index (κ1) is 13.6. The van der Waals surface area contributed by atoms with Gasteiger partial charge in [-0.2, -0.15) is 0 Å². The van der Waals surface area contributed by atoms with Crippen molar-refractivity contribution < 1.29 is 0 Å². The van der Waals surface area contributed by atoms with Gasteiger partial charge in [0.25, 0.3) is 0 Å². The molecule has 1 saturated carbocycles. The molecule has 0 amide bonds. The van der Waals surface area contributed by atoms with E-state index in [1.807, 2.05) is 0 Å². The molecule has 100 valence electrons. The number of hydrogen-bond donors (Lipinski definition) is 1. The smallest absolute Gasteiger partial charge is 0.0475 e. The third-order valence-electron chi connectivity index (χ3n) is 3.97. The molecular weight excluding hydrogens is 220 g/mol. The first-order valence-corrected chi connectivity index (χ1v) is 7.32. The predicted molar refractivity (Wildman–Crippen MR) is 77.7 cm³/mol. The summed E-state index contributed by atoms with van der Waals surface area (Å²) >= 11 is 0. The Bertz CT molecular complexity index is 345. The zero-order valence-electron chi connectivity index (χ0n) is 11.9. The molecule has 0 aromatic heterocycles. The van der Waals surface area contributed by atoms with Crippen LogP contribution in [0, 0.1) is 0 Å². The zero-order valence-corrected chi connectivity index (χ0v) is 11.9. The minimum atomic E-state index is 0.441. The van der Waals surface area contributed by atoms with E-state index in [-0.39, 0.29) is 0 Å². The summed E-state index contributed by atoms with van der Waals surface area (Å²) in [6, 6.07) is 12.7. The lowest BCUT2D eigenvalue weighted by Gasteiger charge is -2.35. The normalized spacial score (nSPS) is 18.9. The average Bonchev–Trinajstić information content (AvgIpc) is 3.22. The molecule has 0 aliphatic heterocycles. The number of nitrogens with one attached hydrogen (secondary N) is 1. The van der Waals surface area contributed by atoms with E-state index in [0.29, 0.717) is 12.1 Å². The summed E-state index contributed by atoms with van der Waals surface area (Å²) in [5.41, 5.74) is 1.41. The van der Waals surface area contributed by atoms with Gasteiger partial charge in [-0.3, -0.25) is 4.90 Å².